The average molecular weight is 199 g/mol. The van der Waals surface area contributed by atoms with Gasteiger partial charge in [0.25, 0.3) is 0 Å². The van der Waals surface area contributed by atoms with Gasteiger partial charge in [-0.25, -0.2) is 4.39 Å². The second-order valence-electron chi connectivity index (χ2n) is 2.78. The van der Waals surface area contributed by atoms with Gasteiger partial charge in [0.05, 0.1) is 0 Å². The number of benzene rings is 1. The average Bonchev–Trinajstić information content (AvgIpc) is 2.15. The Hall–Kier alpha value is -0.540. The van der Waals surface area contributed by atoms with Crippen LogP contribution in [0.5, 0.6) is 0 Å². The summed E-state index contributed by atoms with van der Waals surface area (Å²) in [7, 11) is 1.94. The maximum atomic E-state index is 12.5. The molecule has 1 aromatic rings. The summed E-state index contributed by atoms with van der Waals surface area (Å²) in [6.45, 7) is 1.02. The van der Waals surface area contributed by atoms with Crippen molar-refractivity contribution < 1.29 is 4.39 Å². The molecular formula is C10H14FNS. The van der Waals surface area contributed by atoms with Crippen molar-refractivity contribution in [2.75, 3.05) is 19.3 Å². The van der Waals surface area contributed by atoms with Crippen molar-refractivity contribution in [2.45, 2.75) is 5.75 Å². The van der Waals surface area contributed by atoms with Crippen molar-refractivity contribution in [3.63, 3.8) is 0 Å². The number of hydrogen-bond donors (Lipinski definition) is 1. The molecule has 3 heteroatoms. The zero-order valence-electron chi connectivity index (χ0n) is 7.72. The lowest BCUT2D eigenvalue weighted by molar-refractivity contribution is 0.627. The number of nitrogens with one attached hydrogen (secondary N) is 1. The van der Waals surface area contributed by atoms with Crippen LogP contribution in [0.4, 0.5) is 4.39 Å². The highest BCUT2D eigenvalue weighted by Crippen LogP contribution is 2.11. The Kier molecular flexibility index (Phi) is 4.86. The molecule has 0 aliphatic carbocycles. The third-order valence-corrected chi connectivity index (χ3v) is 2.71. The molecule has 13 heavy (non-hydrogen) atoms. The Morgan fingerprint density at radius 1 is 1.31 bits per heavy atom. The van der Waals surface area contributed by atoms with E-state index in [4.69, 9.17) is 0 Å². The van der Waals surface area contributed by atoms with Crippen molar-refractivity contribution >= 4 is 11.8 Å². The Balaban J connectivity index is 2.25. The fraction of sp³-hybridized carbons (Fsp3) is 0.400. The molecule has 1 nitrogen and oxygen atoms in total. The standard InChI is InChI=1S/C10H14FNS/c1-12-6-7-13-8-9-2-4-10(11)5-3-9/h2-5,12H,6-8H2,1H3. The molecule has 0 aromatic heterocycles. The van der Waals surface area contributed by atoms with Crippen molar-refractivity contribution in [3.05, 3.63) is 35.6 Å². The summed E-state index contributed by atoms with van der Waals surface area (Å²) in [4.78, 5) is 0. The van der Waals surface area contributed by atoms with Gasteiger partial charge in [0, 0.05) is 18.1 Å². The molecule has 72 valence electrons. The van der Waals surface area contributed by atoms with Crippen LogP contribution in [0, 0.1) is 5.82 Å². The molecule has 0 amide bonds. The van der Waals surface area contributed by atoms with Crippen molar-refractivity contribution in [3.8, 4) is 0 Å². The minimum absolute atomic E-state index is 0.163. The SMILES string of the molecule is CNCCSCc1ccc(F)cc1. The quantitative estimate of drug-likeness (QED) is 0.730. The van der Waals surface area contributed by atoms with Crippen LogP contribution in [-0.4, -0.2) is 19.3 Å². The van der Waals surface area contributed by atoms with Crippen LogP contribution in [0.1, 0.15) is 5.56 Å². The molecular weight excluding hydrogens is 185 g/mol. The second-order valence-corrected chi connectivity index (χ2v) is 3.89. The molecule has 0 saturated carbocycles. The van der Waals surface area contributed by atoms with Crippen LogP contribution >= 0.6 is 11.8 Å². The highest BCUT2D eigenvalue weighted by Gasteiger charge is 1.93. The van der Waals surface area contributed by atoms with E-state index < -0.39 is 0 Å². The van der Waals surface area contributed by atoms with Gasteiger partial charge in [-0.15, -0.1) is 0 Å². The number of rotatable bonds is 5. The zero-order chi connectivity index (χ0) is 9.52. The third kappa shape index (κ3) is 4.29. The molecule has 0 aliphatic heterocycles. The van der Waals surface area contributed by atoms with Crippen LogP contribution in [-0.2, 0) is 5.75 Å². The fourth-order valence-electron chi connectivity index (χ4n) is 0.945. The topological polar surface area (TPSA) is 12.0 Å². The zero-order valence-corrected chi connectivity index (χ0v) is 8.53. The highest BCUT2D eigenvalue weighted by atomic mass is 32.2. The summed E-state index contributed by atoms with van der Waals surface area (Å²) in [5, 5.41) is 3.08. The molecule has 0 heterocycles. The van der Waals surface area contributed by atoms with E-state index in [2.05, 4.69) is 5.32 Å². The van der Waals surface area contributed by atoms with Crippen molar-refractivity contribution in [1.29, 1.82) is 0 Å². The summed E-state index contributed by atoms with van der Waals surface area (Å²) >= 11 is 1.85. The lowest BCUT2D eigenvalue weighted by atomic mass is 10.2. The summed E-state index contributed by atoms with van der Waals surface area (Å²) in [5.41, 5.74) is 1.18. The van der Waals surface area contributed by atoms with Crippen LogP contribution in [0.3, 0.4) is 0 Å². The summed E-state index contributed by atoms with van der Waals surface area (Å²) in [5.74, 6) is 1.89. The predicted molar refractivity (Wildman–Crippen MR) is 56.5 cm³/mol. The minimum atomic E-state index is -0.163. The van der Waals surface area contributed by atoms with Crippen molar-refractivity contribution in [2.24, 2.45) is 0 Å². The molecule has 0 atom stereocenters. The molecule has 1 aromatic carbocycles. The first-order valence-electron chi connectivity index (χ1n) is 4.29. The third-order valence-electron chi connectivity index (χ3n) is 1.68. The summed E-state index contributed by atoms with van der Waals surface area (Å²) in [6, 6.07) is 6.69. The number of hydrogen-bond acceptors (Lipinski definition) is 2. The molecule has 0 radical (unpaired) electrons. The van der Waals surface area contributed by atoms with Gasteiger partial charge in [-0.05, 0) is 24.7 Å². The Labute approximate surface area is 82.7 Å². The summed E-state index contributed by atoms with van der Waals surface area (Å²) < 4.78 is 12.5. The Morgan fingerprint density at radius 2 is 2.00 bits per heavy atom. The van der Waals surface area contributed by atoms with E-state index in [0.717, 1.165) is 18.1 Å². The van der Waals surface area contributed by atoms with E-state index in [-0.39, 0.29) is 5.82 Å². The highest BCUT2D eigenvalue weighted by molar-refractivity contribution is 7.98. The lowest BCUT2D eigenvalue weighted by Gasteiger charge is -2.01. The normalized spacial score (nSPS) is 10.3. The largest absolute Gasteiger partial charge is 0.319 e. The first kappa shape index (κ1) is 10.5. The van der Waals surface area contributed by atoms with Crippen LogP contribution in [0.2, 0.25) is 0 Å². The van der Waals surface area contributed by atoms with E-state index in [1.54, 1.807) is 0 Å². The number of thioether (sulfide) groups is 1. The maximum Gasteiger partial charge on any atom is 0.123 e. The van der Waals surface area contributed by atoms with Crippen LogP contribution in [0.15, 0.2) is 24.3 Å². The molecule has 0 unspecified atom stereocenters. The second kappa shape index (κ2) is 6.00. The van der Waals surface area contributed by atoms with Gasteiger partial charge >= 0.3 is 0 Å². The van der Waals surface area contributed by atoms with Gasteiger partial charge in [-0.3, -0.25) is 0 Å². The van der Waals surface area contributed by atoms with Gasteiger partial charge < -0.3 is 5.32 Å². The van der Waals surface area contributed by atoms with E-state index in [0.29, 0.717) is 0 Å². The molecule has 1 rings (SSSR count). The van der Waals surface area contributed by atoms with E-state index in [1.807, 2.05) is 30.9 Å². The fourth-order valence-corrected chi connectivity index (χ4v) is 1.87. The number of halogens is 1. The Morgan fingerprint density at radius 3 is 2.62 bits per heavy atom. The van der Waals surface area contributed by atoms with E-state index >= 15 is 0 Å². The molecule has 0 spiro atoms. The van der Waals surface area contributed by atoms with Gasteiger partial charge in [-0.1, -0.05) is 12.1 Å². The van der Waals surface area contributed by atoms with Gasteiger partial charge in [0.15, 0.2) is 0 Å². The lowest BCUT2D eigenvalue weighted by Crippen LogP contribution is -2.09. The minimum Gasteiger partial charge on any atom is -0.319 e. The first-order valence-corrected chi connectivity index (χ1v) is 5.45. The molecule has 0 saturated heterocycles. The van der Waals surface area contributed by atoms with Gasteiger partial charge in [0.2, 0.25) is 0 Å². The van der Waals surface area contributed by atoms with Gasteiger partial charge in [0.1, 0.15) is 5.82 Å². The molecule has 0 aliphatic rings. The first-order chi connectivity index (χ1) is 6.33. The van der Waals surface area contributed by atoms with Crippen LogP contribution < -0.4 is 5.32 Å². The van der Waals surface area contributed by atoms with Crippen molar-refractivity contribution in [1.82, 2.24) is 5.32 Å². The Bertz CT molecular complexity index is 235. The van der Waals surface area contributed by atoms with E-state index in [1.165, 1.54) is 17.7 Å². The van der Waals surface area contributed by atoms with Crippen LogP contribution in [0.25, 0.3) is 0 Å². The smallest absolute Gasteiger partial charge is 0.123 e. The molecule has 1 N–H and O–H groups in total. The predicted octanol–water partition coefficient (Wildman–Crippen LogP) is 2.28. The molecule has 0 fully saturated rings. The van der Waals surface area contributed by atoms with Gasteiger partial charge in [-0.2, -0.15) is 11.8 Å². The molecule has 0 bridgehead atoms. The monoisotopic (exact) mass is 199 g/mol. The summed E-state index contributed by atoms with van der Waals surface area (Å²) in [6.07, 6.45) is 0. The van der Waals surface area contributed by atoms with E-state index in [9.17, 15) is 4.39 Å². The maximum absolute atomic E-state index is 12.5.